The highest BCUT2D eigenvalue weighted by Crippen LogP contribution is 2.11. The first kappa shape index (κ1) is 12.5. The number of aromatic nitrogens is 1. The highest BCUT2D eigenvalue weighted by molar-refractivity contribution is 6.92. The molecule has 1 atom stereocenters. The smallest absolute Gasteiger partial charge is 0.000496 e. The van der Waals surface area contributed by atoms with Crippen molar-refractivity contribution in [3.05, 3.63) is 73.1 Å². The van der Waals surface area contributed by atoms with Crippen LogP contribution in [0.3, 0.4) is 0 Å². The minimum absolute atomic E-state index is 0. The molecule has 1 unspecified atom stereocenters. The van der Waals surface area contributed by atoms with Gasteiger partial charge >= 0.3 is 0 Å². The van der Waals surface area contributed by atoms with E-state index in [0.29, 0.717) is 0 Å². The molecule has 0 spiro atoms. The molecule has 0 aliphatic heterocycles. The Kier molecular flexibility index (Phi) is 5.31. The van der Waals surface area contributed by atoms with Gasteiger partial charge in [-0.15, -0.1) is 0 Å². The molecule has 0 aliphatic rings. The Morgan fingerprint density at radius 1 is 0.562 bits per heavy atom. The maximum atomic E-state index is 2.86. The Hall–Kier alpha value is -1.59. The van der Waals surface area contributed by atoms with Gasteiger partial charge in [0.05, 0.1) is 0 Å². The molecule has 0 bridgehead atoms. The highest BCUT2D eigenvalue weighted by Gasteiger charge is 1.85. The molecular formula is C14H16NP. The number of benzene rings is 2. The lowest BCUT2D eigenvalue weighted by Crippen LogP contribution is -1.67. The molecule has 0 fully saturated rings. The predicted molar refractivity (Wildman–Crippen MR) is 75.8 cm³/mol. The van der Waals surface area contributed by atoms with Gasteiger partial charge in [0.2, 0.25) is 0 Å². The van der Waals surface area contributed by atoms with Gasteiger partial charge in [-0.1, -0.05) is 48.5 Å². The molecular weight excluding hydrogens is 213 g/mol. The van der Waals surface area contributed by atoms with E-state index in [4.69, 9.17) is 0 Å². The zero-order valence-electron chi connectivity index (χ0n) is 9.14. The number of rotatable bonds is 0. The normalized spacial score (nSPS) is 8.75. The number of hydrogen-bond acceptors (Lipinski definition) is 0. The summed E-state index contributed by atoms with van der Waals surface area (Å²) in [6.45, 7) is 0. The Labute approximate surface area is 99.1 Å². The third-order valence-corrected chi connectivity index (χ3v) is 2.15. The Bertz CT molecular complexity index is 420. The monoisotopic (exact) mass is 229 g/mol. The quantitative estimate of drug-likeness (QED) is 0.562. The maximum absolute atomic E-state index is 2.86. The van der Waals surface area contributed by atoms with Crippen molar-refractivity contribution in [3.63, 3.8) is 0 Å². The second-order valence-corrected chi connectivity index (χ2v) is 3.23. The number of aromatic amines is 1. The van der Waals surface area contributed by atoms with E-state index in [1.807, 2.05) is 24.5 Å². The summed E-state index contributed by atoms with van der Waals surface area (Å²) in [4.78, 5) is 2.86. The molecule has 1 heterocycles. The van der Waals surface area contributed by atoms with Crippen LogP contribution < -0.4 is 0 Å². The molecule has 16 heavy (non-hydrogen) atoms. The van der Waals surface area contributed by atoms with E-state index in [1.54, 1.807) is 0 Å². The second kappa shape index (κ2) is 6.81. The van der Waals surface area contributed by atoms with Crippen LogP contribution in [0.1, 0.15) is 0 Å². The van der Waals surface area contributed by atoms with Gasteiger partial charge in [0.15, 0.2) is 0 Å². The van der Waals surface area contributed by atoms with Crippen LogP contribution >= 0.6 is 9.90 Å². The molecule has 0 radical (unpaired) electrons. The van der Waals surface area contributed by atoms with Crippen LogP contribution in [0.2, 0.25) is 0 Å². The van der Waals surface area contributed by atoms with Crippen LogP contribution in [-0.4, -0.2) is 4.98 Å². The number of nitrogens with one attached hydrogen (secondary N) is 1. The fraction of sp³-hybridized carbons (Fsp3) is 0. The summed E-state index contributed by atoms with van der Waals surface area (Å²) in [5.74, 6) is 0. The second-order valence-electron chi connectivity index (χ2n) is 3.23. The Morgan fingerprint density at radius 2 is 0.938 bits per heavy atom. The van der Waals surface area contributed by atoms with Gasteiger partial charge < -0.3 is 4.98 Å². The van der Waals surface area contributed by atoms with Crippen molar-refractivity contribution in [2.24, 2.45) is 0 Å². The van der Waals surface area contributed by atoms with E-state index in [2.05, 4.69) is 53.5 Å². The van der Waals surface area contributed by atoms with Gasteiger partial charge in [0.1, 0.15) is 0 Å². The molecule has 2 aromatic carbocycles. The minimum Gasteiger partial charge on any atom is -0.368 e. The zero-order valence-corrected chi connectivity index (χ0v) is 10.5. The van der Waals surface area contributed by atoms with Crippen LogP contribution in [0.25, 0.3) is 10.8 Å². The third-order valence-electron chi connectivity index (χ3n) is 2.15. The summed E-state index contributed by atoms with van der Waals surface area (Å²) in [5.41, 5.74) is 0. The van der Waals surface area contributed by atoms with Crippen LogP contribution in [-0.2, 0) is 0 Å². The molecule has 0 aliphatic carbocycles. The van der Waals surface area contributed by atoms with Gasteiger partial charge in [0.25, 0.3) is 0 Å². The lowest BCUT2D eigenvalue weighted by molar-refractivity contribution is 1.42. The van der Waals surface area contributed by atoms with Crippen LogP contribution in [0.4, 0.5) is 0 Å². The van der Waals surface area contributed by atoms with Gasteiger partial charge in [0, 0.05) is 12.4 Å². The van der Waals surface area contributed by atoms with E-state index < -0.39 is 0 Å². The number of hydrogen-bond donors (Lipinski definition) is 1. The van der Waals surface area contributed by atoms with E-state index in [1.165, 1.54) is 10.8 Å². The van der Waals surface area contributed by atoms with Crippen molar-refractivity contribution in [1.82, 2.24) is 4.98 Å². The fourth-order valence-corrected chi connectivity index (χ4v) is 1.41. The Balaban J connectivity index is 0.000000183. The van der Waals surface area contributed by atoms with Crippen molar-refractivity contribution in [1.29, 1.82) is 0 Å². The van der Waals surface area contributed by atoms with Crippen molar-refractivity contribution in [2.75, 3.05) is 0 Å². The molecule has 3 aromatic rings. The third kappa shape index (κ3) is 3.52. The van der Waals surface area contributed by atoms with E-state index in [9.17, 15) is 0 Å². The molecule has 0 saturated carbocycles. The summed E-state index contributed by atoms with van der Waals surface area (Å²) < 4.78 is 0. The first-order valence-corrected chi connectivity index (χ1v) is 4.98. The highest BCUT2D eigenvalue weighted by atomic mass is 31.0. The topological polar surface area (TPSA) is 15.8 Å². The molecule has 3 rings (SSSR count). The SMILES string of the molecule is P.c1cc[nH]c1.c1ccc2ccccc2c1. The van der Waals surface area contributed by atoms with Gasteiger partial charge in [-0.25, -0.2) is 0 Å². The van der Waals surface area contributed by atoms with Crippen molar-refractivity contribution in [3.8, 4) is 0 Å². The van der Waals surface area contributed by atoms with Crippen LogP contribution in [0.5, 0.6) is 0 Å². The molecule has 0 saturated heterocycles. The van der Waals surface area contributed by atoms with Gasteiger partial charge in [-0.3, -0.25) is 0 Å². The predicted octanol–water partition coefficient (Wildman–Crippen LogP) is 3.91. The summed E-state index contributed by atoms with van der Waals surface area (Å²) in [6.07, 6.45) is 3.75. The lowest BCUT2D eigenvalue weighted by atomic mass is 10.1. The summed E-state index contributed by atoms with van der Waals surface area (Å²) >= 11 is 0. The van der Waals surface area contributed by atoms with Crippen LogP contribution in [0, 0.1) is 0 Å². The van der Waals surface area contributed by atoms with Gasteiger partial charge in [-0.2, -0.15) is 9.90 Å². The molecule has 1 N–H and O–H groups in total. The van der Waals surface area contributed by atoms with Crippen LogP contribution in [0.15, 0.2) is 73.1 Å². The average molecular weight is 229 g/mol. The fourth-order valence-electron chi connectivity index (χ4n) is 1.41. The summed E-state index contributed by atoms with van der Waals surface area (Å²) in [5, 5.41) is 2.62. The van der Waals surface area contributed by atoms with Crippen molar-refractivity contribution >= 4 is 20.7 Å². The first-order chi connectivity index (χ1) is 7.47. The van der Waals surface area contributed by atoms with Crippen molar-refractivity contribution < 1.29 is 0 Å². The number of H-pyrrole nitrogens is 1. The Morgan fingerprint density at radius 3 is 1.19 bits per heavy atom. The summed E-state index contributed by atoms with van der Waals surface area (Å²) in [6, 6.07) is 20.6. The molecule has 1 nitrogen and oxygen atoms in total. The first-order valence-electron chi connectivity index (χ1n) is 4.98. The maximum Gasteiger partial charge on any atom is 0.000496 e. The molecule has 2 heteroatoms. The molecule has 0 amide bonds. The summed E-state index contributed by atoms with van der Waals surface area (Å²) in [7, 11) is 0. The number of fused-ring (bicyclic) bond motifs is 1. The van der Waals surface area contributed by atoms with E-state index in [-0.39, 0.29) is 9.90 Å². The van der Waals surface area contributed by atoms with Crippen molar-refractivity contribution in [2.45, 2.75) is 0 Å². The standard InChI is InChI=1S/C10H8.C4H5N.H3P/c1-2-6-10-8-4-3-7-9(10)5-1;1-2-4-5-3-1;/h1-8H;1-5H;1H3. The largest absolute Gasteiger partial charge is 0.368 e. The average Bonchev–Trinajstić information content (AvgIpc) is 2.88. The molecule has 1 aromatic heterocycles. The molecule has 82 valence electrons. The minimum atomic E-state index is 0. The lowest BCUT2D eigenvalue weighted by Gasteiger charge is -1.92. The zero-order chi connectivity index (χ0) is 10.3. The van der Waals surface area contributed by atoms with Gasteiger partial charge in [-0.05, 0) is 22.9 Å². The van der Waals surface area contributed by atoms with E-state index >= 15 is 0 Å². The van der Waals surface area contributed by atoms with E-state index in [0.717, 1.165) is 0 Å².